The van der Waals surface area contributed by atoms with Crippen molar-refractivity contribution in [2.75, 3.05) is 55.0 Å². The second-order valence-corrected chi connectivity index (χ2v) is 9.55. The molecule has 4 aromatic rings. The summed E-state index contributed by atoms with van der Waals surface area (Å²) in [5.74, 6) is 2.33. The monoisotopic (exact) mass is 568 g/mol. The van der Waals surface area contributed by atoms with Gasteiger partial charge in [0, 0.05) is 64.1 Å². The van der Waals surface area contributed by atoms with E-state index in [4.69, 9.17) is 10.1 Å². The van der Waals surface area contributed by atoms with Crippen LogP contribution in [-0.2, 0) is 13.1 Å². The van der Waals surface area contributed by atoms with Gasteiger partial charge < -0.3 is 20.5 Å². The quantitative estimate of drug-likeness (QED) is 0.211. The molecule has 0 radical (unpaired) electrons. The first-order valence-corrected chi connectivity index (χ1v) is 15.3. The van der Waals surface area contributed by atoms with Gasteiger partial charge in [-0.1, -0.05) is 95.3 Å². The van der Waals surface area contributed by atoms with E-state index in [1.807, 2.05) is 39.8 Å². The van der Waals surface area contributed by atoms with Crippen LogP contribution in [-0.4, -0.2) is 60.0 Å². The van der Waals surface area contributed by atoms with E-state index in [-0.39, 0.29) is 0 Å². The fraction of sp³-hybridized carbons (Fsp3) is 0.382. The molecular weight excluding hydrogens is 520 g/mol. The van der Waals surface area contributed by atoms with E-state index in [0.717, 1.165) is 68.7 Å². The lowest BCUT2D eigenvalue weighted by molar-refractivity contribution is 0.426. The second-order valence-electron chi connectivity index (χ2n) is 9.55. The van der Waals surface area contributed by atoms with E-state index in [9.17, 15) is 0 Å². The molecule has 5 rings (SSSR count). The average molecular weight is 569 g/mol. The SMILES string of the molecule is CC.CC.CCN(C)Nc1ccc(-c2nnc(N(Cc3ccccc3)Cc3ccccc3)c(N3CCNCC3)n2)cc1. The molecule has 1 fully saturated rings. The Labute approximate surface area is 252 Å². The van der Waals surface area contributed by atoms with Gasteiger partial charge in [-0.15, -0.1) is 10.2 Å². The van der Waals surface area contributed by atoms with Gasteiger partial charge in [0.1, 0.15) is 0 Å². The molecule has 3 aromatic carbocycles. The zero-order valence-electron chi connectivity index (χ0n) is 26.2. The van der Waals surface area contributed by atoms with E-state index >= 15 is 0 Å². The van der Waals surface area contributed by atoms with Crippen molar-refractivity contribution in [3.63, 3.8) is 0 Å². The lowest BCUT2D eigenvalue weighted by Gasteiger charge is -2.33. The van der Waals surface area contributed by atoms with Crippen molar-refractivity contribution in [3.05, 3.63) is 96.1 Å². The van der Waals surface area contributed by atoms with Crippen LogP contribution in [0.2, 0.25) is 0 Å². The summed E-state index contributed by atoms with van der Waals surface area (Å²) in [6.07, 6.45) is 0. The molecule has 2 heterocycles. The van der Waals surface area contributed by atoms with Gasteiger partial charge in [0.25, 0.3) is 0 Å². The maximum Gasteiger partial charge on any atom is 0.195 e. The molecule has 0 amide bonds. The summed E-state index contributed by atoms with van der Waals surface area (Å²) in [5.41, 5.74) is 7.78. The van der Waals surface area contributed by atoms with E-state index in [2.05, 4.69) is 117 Å². The minimum Gasteiger partial charge on any atom is -0.351 e. The summed E-state index contributed by atoms with van der Waals surface area (Å²) in [5, 5.41) is 15.0. The number of nitrogens with one attached hydrogen (secondary N) is 2. The van der Waals surface area contributed by atoms with Crippen molar-refractivity contribution in [2.45, 2.75) is 47.7 Å². The van der Waals surface area contributed by atoms with Gasteiger partial charge in [-0.2, -0.15) is 0 Å². The number of aromatic nitrogens is 3. The van der Waals surface area contributed by atoms with E-state index in [0.29, 0.717) is 5.82 Å². The standard InChI is InChI=1S/C30H36N8.2C2H6/c1-3-36(2)35-27-16-14-26(15-17-27)28-32-29(37-20-18-31-19-21-37)30(34-33-28)38(22-24-10-6-4-7-11-24)23-25-12-8-5-9-13-25;2*1-2/h4-17,31,35H,3,18-23H2,1-2H3;2*1-2H3. The van der Waals surface area contributed by atoms with Gasteiger partial charge in [-0.05, 0) is 35.4 Å². The number of piperazine rings is 1. The minimum atomic E-state index is 0.636. The van der Waals surface area contributed by atoms with Crippen molar-refractivity contribution in [1.29, 1.82) is 0 Å². The molecule has 0 bridgehead atoms. The van der Waals surface area contributed by atoms with Crippen molar-refractivity contribution in [3.8, 4) is 11.4 Å². The van der Waals surface area contributed by atoms with Crippen LogP contribution in [0.5, 0.6) is 0 Å². The van der Waals surface area contributed by atoms with Gasteiger partial charge in [0.2, 0.25) is 0 Å². The molecule has 224 valence electrons. The number of hydrogen-bond donors (Lipinski definition) is 2. The molecule has 1 saturated heterocycles. The zero-order valence-corrected chi connectivity index (χ0v) is 26.2. The zero-order chi connectivity index (χ0) is 30.2. The number of nitrogens with zero attached hydrogens (tertiary/aromatic N) is 6. The Bertz CT molecular complexity index is 1230. The maximum atomic E-state index is 5.13. The third-order valence-corrected chi connectivity index (χ3v) is 6.74. The molecule has 0 unspecified atom stereocenters. The average Bonchev–Trinajstić information content (AvgIpc) is 3.08. The van der Waals surface area contributed by atoms with E-state index in [1.54, 1.807) is 0 Å². The van der Waals surface area contributed by atoms with Crippen molar-refractivity contribution in [2.24, 2.45) is 0 Å². The Kier molecular flexibility index (Phi) is 13.7. The highest BCUT2D eigenvalue weighted by molar-refractivity contribution is 5.67. The van der Waals surface area contributed by atoms with Gasteiger partial charge >= 0.3 is 0 Å². The Morgan fingerprint density at radius 1 is 0.762 bits per heavy atom. The van der Waals surface area contributed by atoms with E-state index < -0.39 is 0 Å². The number of anilines is 3. The first-order valence-electron chi connectivity index (χ1n) is 15.3. The highest BCUT2D eigenvalue weighted by Gasteiger charge is 2.23. The lowest BCUT2D eigenvalue weighted by Crippen LogP contribution is -2.44. The normalized spacial score (nSPS) is 12.5. The van der Waals surface area contributed by atoms with Crippen LogP contribution in [0.25, 0.3) is 11.4 Å². The Morgan fingerprint density at radius 2 is 1.31 bits per heavy atom. The smallest absolute Gasteiger partial charge is 0.195 e. The molecule has 8 nitrogen and oxygen atoms in total. The van der Waals surface area contributed by atoms with Crippen LogP contribution < -0.4 is 20.5 Å². The Hall–Kier alpha value is -4.01. The van der Waals surface area contributed by atoms with E-state index in [1.165, 1.54) is 11.1 Å². The Morgan fingerprint density at radius 3 is 1.83 bits per heavy atom. The minimum absolute atomic E-state index is 0.636. The lowest BCUT2D eigenvalue weighted by atomic mass is 10.1. The van der Waals surface area contributed by atoms with Gasteiger partial charge in [-0.3, -0.25) is 0 Å². The van der Waals surface area contributed by atoms with Crippen LogP contribution in [0.4, 0.5) is 17.3 Å². The predicted molar refractivity (Wildman–Crippen MR) is 178 cm³/mol. The molecule has 0 saturated carbocycles. The molecule has 1 aliphatic heterocycles. The number of benzene rings is 3. The first-order chi connectivity index (χ1) is 20.7. The molecule has 0 aliphatic carbocycles. The first kappa shape index (κ1) is 32.5. The third kappa shape index (κ3) is 9.26. The van der Waals surface area contributed by atoms with Crippen LogP contribution in [0.3, 0.4) is 0 Å². The molecule has 0 atom stereocenters. The summed E-state index contributed by atoms with van der Waals surface area (Å²) in [4.78, 5) is 9.75. The predicted octanol–water partition coefficient (Wildman–Crippen LogP) is 6.49. The van der Waals surface area contributed by atoms with Crippen molar-refractivity contribution >= 4 is 17.3 Å². The number of hydrogen-bond acceptors (Lipinski definition) is 8. The van der Waals surface area contributed by atoms with Gasteiger partial charge in [-0.25, -0.2) is 9.99 Å². The highest BCUT2D eigenvalue weighted by atomic mass is 15.5. The van der Waals surface area contributed by atoms with Crippen LogP contribution in [0.15, 0.2) is 84.9 Å². The molecule has 1 aromatic heterocycles. The largest absolute Gasteiger partial charge is 0.351 e. The van der Waals surface area contributed by atoms with Crippen LogP contribution >= 0.6 is 0 Å². The van der Waals surface area contributed by atoms with Crippen molar-refractivity contribution < 1.29 is 0 Å². The molecule has 0 spiro atoms. The molecule has 1 aliphatic rings. The summed E-state index contributed by atoms with van der Waals surface area (Å²) in [6.45, 7) is 16.0. The molecule has 2 N–H and O–H groups in total. The second kappa shape index (κ2) is 17.7. The van der Waals surface area contributed by atoms with Crippen molar-refractivity contribution in [1.82, 2.24) is 25.5 Å². The summed E-state index contributed by atoms with van der Waals surface area (Å²) in [7, 11) is 2.02. The fourth-order valence-corrected chi connectivity index (χ4v) is 4.53. The maximum absolute atomic E-state index is 5.13. The van der Waals surface area contributed by atoms with Crippen LogP contribution in [0, 0.1) is 0 Å². The number of rotatable bonds is 10. The molecular formula is C34H48N8. The summed E-state index contributed by atoms with van der Waals surface area (Å²) >= 11 is 0. The fourth-order valence-electron chi connectivity index (χ4n) is 4.53. The number of hydrazine groups is 1. The van der Waals surface area contributed by atoms with Crippen LogP contribution in [0.1, 0.15) is 45.7 Å². The summed E-state index contributed by atoms with van der Waals surface area (Å²) in [6, 6.07) is 29.3. The third-order valence-electron chi connectivity index (χ3n) is 6.74. The van der Waals surface area contributed by atoms with Gasteiger partial charge in [0.05, 0.1) is 0 Å². The molecule has 8 heteroatoms. The Balaban J connectivity index is 0.00000116. The highest BCUT2D eigenvalue weighted by Crippen LogP contribution is 2.30. The summed E-state index contributed by atoms with van der Waals surface area (Å²) < 4.78 is 0. The molecule has 42 heavy (non-hydrogen) atoms. The topological polar surface area (TPSA) is 72.5 Å². The van der Waals surface area contributed by atoms with Gasteiger partial charge in [0.15, 0.2) is 17.5 Å².